The fourth-order valence-corrected chi connectivity index (χ4v) is 8.58. The second-order valence-corrected chi connectivity index (χ2v) is 14.6. The lowest BCUT2D eigenvalue weighted by Gasteiger charge is -2.69. The van der Waals surface area contributed by atoms with Crippen LogP contribution in [0.25, 0.3) is 12.2 Å². The first-order chi connectivity index (χ1) is 9.99. The number of rotatable bonds is 2. The molecule has 118 valence electrons. The summed E-state index contributed by atoms with van der Waals surface area (Å²) in [5, 5.41) is 1.74. The van der Waals surface area contributed by atoms with Crippen molar-refractivity contribution in [3.8, 4) is 0 Å². The molecule has 2 aliphatic carbocycles. The zero-order valence-electron chi connectivity index (χ0n) is 15.3. The lowest BCUT2D eigenvalue weighted by molar-refractivity contribution is -0.0852. The van der Waals surface area contributed by atoms with Crippen molar-refractivity contribution >= 4 is 20.2 Å². The van der Waals surface area contributed by atoms with Gasteiger partial charge in [-0.15, -0.1) is 0 Å². The molecule has 0 bridgehead atoms. The highest BCUT2D eigenvalue weighted by Gasteiger charge is 2.70. The van der Waals surface area contributed by atoms with Gasteiger partial charge in [-0.3, -0.25) is 0 Å². The summed E-state index contributed by atoms with van der Waals surface area (Å²) in [6.45, 7) is 21.5. The van der Waals surface area contributed by atoms with Gasteiger partial charge in [0.05, 0.1) is 8.07 Å². The van der Waals surface area contributed by atoms with E-state index in [1.807, 2.05) is 6.08 Å². The van der Waals surface area contributed by atoms with Crippen LogP contribution in [0.3, 0.4) is 0 Å². The highest BCUT2D eigenvalue weighted by molar-refractivity contribution is 6.84. The summed E-state index contributed by atoms with van der Waals surface area (Å²) < 4.78 is 0. The van der Waals surface area contributed by atoms with E-state index in [1.54, 1.807) is 10.8 Å². The van der Waals surface area contributed by atoms with Crippen molar-refractivity contribution in [3.05, 3.63) is 46.7 Å². The van der Waals surface area contributed by atoms with Gasteiger partial charge >= 0.3 is 0 Å². The van der Waals surface area contributed by atoms with E-state index in [0.717, 1.165) is 0 Å². The van der Waals surface area contributed by atoms with Gasteiger partial charge in [0.2, 0.25) is 0 Å². The Labute approximate surface area is 137 Å². The number of hydrogen-bond acceptors (Lipinski definition) is 0. The Balaban J connectivity index is 2.40. The minimum atomic E-state index is -1.41. The highest BCUT2D eigenvalue weighted by Crippen LogP contribution is 2.74. The standard InChI is InChI=1S/C21H30Si/c1-9-15-11-10-12-17-16(15)13-18(22(6,7)8)21(17)19(2,3)14-20(21,4)5/h9-13H,1,14H2,2-8H3. The molecule has 0 saturated heterocycles. The molecule has 1 aromatic rings. The van der Waals surface area contributed by atoms with E-state index >= 15 is 0 Å². The molecule has 0 aliphatic heterocycles. The van der Waals surface area contributed by atoms with E-state index in [2.05, 4.69) is 78.2 Å². The molecule has 2 aliphatic rings. The maximum atomic E-state index is 4.04. The molecule has 1 heteroatoms. The molecule has 1 aromatic carbocycles. The molecule has 0 nitrogen and oxygen atoms in total. The Kier molecular flexibility index (Phi) is 3.06. The summed E-state index contributed by atoms with van der Waals surface area (Å²) >= 11 is 0. The fourth-order valence-electron chi connectivity index (χ4n) is 6.06. The van der Waals surface area contributed by atoms with Crippen molar-refractivity contribution < 1.29 is 0 Å². The third-order valence-corrected chi connectivity index (χ3v) is 8.31. The van der Waals surface area contributed by atoms with Crippen LogP contribution in [0.5, 0.6) is 0 Å². The third kappa shape index (κ3) is 1.64. The summed E-state index contributed by atoms with van der Waals surface area (Å²) in [6.07, 6.45) is 5.86. The lowest BCUT2D eigenvalue weighted by Crippen LogP contribution is -2.66. The number of benzene rings is 1. The molecule has 1 spiro atoms. The third-order valence-electron chi connectivity index (χ3n) is 6.18. The summed E-state index contributed by atoms with van der Waals surface area (Å²) in [6, 6.07) is 6.82. The van der Waals surface area contributed by atoms with Crippen LogP contribution in [0.2, 0.25) is 19.6 Å². The summed E-state index contributed by atoms with van der Waals surface area (Å²) in [7, 11) is -1.41. The van der Waals surface area contributed by atoms with Gasteiger partial charge in [-0.1, -0.05) is 89.5 Å². The molecule has 0 N–H and O–H groups in total. The molecule has 0 atom stereocenters. The quantitative estimate of drug-likeness (QED) is 0.562. The Hall–Kier alpha value is -1.08. The Morgan fingerprint density at radius 1 is 1.05 bits per heavy atom. The van der Waals surface area contributed by atoms with E-state index in [-0.39, 0.29) is 5.41 Å². The molecular weight excluding hydrogens is 280 g/mol. The number of hydrogen-bond donors (Lipinski definition) is 0. The monoisotopic (exact) mass is 310 g/mol. The van der Waals surface area contributed by atoms with Gasteiger partial charge in [0, 0.05) is 5.41 Å². The minimum absolute atomic E-state index is 0.207. The van der Waals surface area contributed by atoms with E-state index in [1.165, 1.54) is 17.5 Å². The van der Waals surface area contributed by atoms with Gasteiger partial charge in [-0.2, -0.15) is 0 Å². The second-order valence-electron chi connectivity index (χ2n) is 9.52. The number of fused-ring (bicyclic) bond motifs is 2. The zero-order chi connectivity index (χ0) is 16.6. The number of allylic oxidation sites excluding steroid dienone is 1. The Morgan fingerprint density at radius 2 is 1.64 bits per heavy atom. The zero-order valence-corrected chi connectivity index (χ0v) is 16.3. The molecule has 1 fully saturated rings. The van der Waals surface area contributed by atoms with Crippen LogP contribution in [-0.2, 0) is 5.41 Å². The Bertz CT molecular complexity index is 666. The summed E-state index contributed by atoms with van der Waals surface area (Å²) in [5.74, 6) is 0. The predicted molar refractivity (Wildman–Crippen MR) is 102 cm³/mol. The maximum absolute atomic E-state index is 4.04. The van der Waals surface area contributed by atoms with Crippen molar-refractivity contribution in [2.75, 3.05) is 0 Å². The van der Waals surface area contributed by atoms with Crippen LogP contribution in [0.1, 0.15) is 50.8 Å². The van der Waals surface area contributed by atoms with Gasteiger partial charge in [0.1, 0.15) is 0 Å². The summed E-state index contributed by atoms with van der Waals surface area (Å²) in [4.78, 5) is 0. The molecule has 0 unspecified atom stereocenters. The molecule has 1 saturated carbocycles. The Morgan fingerprint density at radius 3 is 2.09 bits per heavy atom. The van der Waals surface area contributed by atoms with Crippen LogP contribution in [-0.4, -0.2) is 8.07 Å². The van der Waals surface area contributed by atoms with Gasteiger partial charge in [-0.25, -0.2) is 0 Å². The average Bonchev–Trinajstić information content (AvgIpc) is 2.75. The average molecular weight is 311 g/mol. The lowest BCUT2D eigenvalue weighted by atomic mass is 9.37. The van der Waals surface area contributed by atoms with Crippen molar-refractivity contribution in [3.63, 3.8) is 0 Å². The first kappa shape index (κ1) is 15.8. The van der Waals surface area contributed by atoms with Crippen molar-refractivity contribution in [1.82, 2.24) is 0 Å². The first-order valence-electron chi connectivity index (χ1n) is 8.48. The van der Waals surface area contributed by atoms with Gasteiger partial charge < -0.3 is 0 Å². The molecule has 0 heterocycles. The molecule has 3 rings (SSSR count). The van der Waals surface area contributed by atoms with Crippen LogP contribution >= 0.6 is 0 Å². The van der Waals surface area contributed by atoms with Crippen LogP contribution in [0.4, 0.5) is 0 Å². The largest absolute Gasteiger partial charge is 0.0984 e. The molecular formula is C21H30Si. The molecule has 0 radical (unpaired) electrons. The van der Waals surface area contributed by atoms with Crippen molar-refractivity contribution in [2.24, 2.45) is 10.8 Å². The summed E-state index contributed by atoms with van der Waals surface area (Å²) in [5.41, 5.74) is 5.16. The topological polar surface area (TPSA) is 0 Å². The van der Waals surface area contributed by atoms with Crippen molar-refractivity contribution in [2.45, 2.75) is 59.2 Å². The maximum Gasteiger partial charge on any atom is 0.0736 e. The van der Waals surface area contributed by atoms with Gasteiger partial charge in [0.25, 0.3) is 0 Å². The fraction of sp³-hybridized carbons (Fsp3) is 0.524. The van der Waals surface area contributed by atoms with Crippen molar-refractivity contribution in [1.29, 1.82) is 0 Å². The van der Waals surface area contributed by atoms with E-state index in [0.29, 0.717) is 10.8 Å². The normalized spacial score (nSPS) is 23.7. The molecule has 0 aromatic heterocycles. The molecule has 22 heavy (non-hydrogen) atoms. The van der Waals surface area contributed by atoms with E-state index < -0.39 is 8.07 Å². The minimum Gasteiger partial charge on any atom is -0.0984 e. The smallest absolute Gasteiger partial charge is 0.0736 e. The molecule has 0 amide bonds. The van der Waals surface area contributed by atoms with E-state index in [4.69, 9.17) is 0 Å². The van der Waals surface area contributed by atoms with Gasteiger partial charge in [-0.05, 0) is 33.9 Å². The van der Waals surface area contributed by atoms with E-state index in [9.17, 15) is 0 Å². The first-order valence-corrected chi connectivity index (χ1v) is 12.0. The second kappa shape index (κ2) is 4.26. The van der Waals surface area contributed by atoms with Gasteiger partial charge in [0.15, 0.2) is 0 Å². The SMILES string of the molecule is C=Cc1cccc2c1C=C([Si](C)(C)C)C21C(C)(C)CC1(C)C. The van der Waals surface area contributed by atoms with Crippen LogP contribution in [0.15, 0.2) is 30.0 Å². The van der Waals surface area contributed by atoms with Crippen LogP contribution < -0.4 is 0 Å². The highest BCUT2D eigenvalue weighted by atomic mass is 28.3. The van der Waals surface area contributed by atoms with Crippen LogP contribution in [0, 0.1) is 10.8 Å². The predicted octanol–water partition coefficient (Wildman–Crippen LogP) is 6.30.